The smallest absolute Gasteiger partial charge is 0.226 e. The molecule has 2 rings (SSSR count). The van der Waals surface area contributed by atoms with E-state index in [0.29, 0.717) is 11.8 Å². The van der Waals surface area contributed by atoms with Crippen LogP contribution in [0, 0.1) is 5.92 Å². The van der Waals surface area contributed by atoms with Gasteiger partial charge in [-0.25, -0.2) is 4.98 Å². The molecule has 3 nitrogen and oxygen atoms in total. The van der Waals surface area contributed by atoms with E-state index in [4.69, 9.17) is 9.52 Å². The van der Waals surface area contributed by atoms with Gasteiger partial charge in [-0.05, 0) is 23.8 Å². The molecule has 1 heterocycles. The van der Waals surface area contributed by atoms with Gasteiger partial charge in [0.25, 0.3) is 0 Å². The van der Waals surface area contributed by atoms with Gasteiger partial charge in [0.05, 0.1) is 5.69 Å². The van der Waals surface area contributed by atoms with Crippen LogP contribution in [0.2, 0.25) is 0 Å². The third-order valence-corrected chi connectivity index (χ3v) is 3.84. The fourth-order valence-corrected chi connectivity index (χ4v) is 2.47. The Morgan fingerprint density at radius 2 is 2.11 bits per heavy atom. The third-order valence-electron chi connectivity index (χ3n) is 2.54. The number of benzene rings is 1. The zero-order valence-corrected chi connectivity index (χ0v) is 11.2. The monoisotopic (exact) mass is 263 g/mol. The average Bonchev–Trinajstić information content (AvgIpc) is 2.88. The van der Waals surface area contributed by atoms with Gasteiger partial charge >= 0.3 is 0 Å². The van der Waals surface area contributed by atoms with Crippen molar-refractivity contribution in [1.29, 1.82) is 0 Å². The lowest BCUT2D eigenvalue weighted by molar-refractivity contribution is 0.250. The molecule has 4 heteroatoms. The normalized spacial score (nSPS) is 12.6. The Morgan fingerprint density at radius 1 is 1.33 bits per heavy atom. The number of nitrogens with zero attached hydrogens (tertiary/aromatic N) is 1. The van der Waals surface area contributed by atoms with Crippen LogP contribution in [0.5, 0.6) is 0 Å². The molecule has 0 aliphatic carbocycles. The quantitative estimate of drug-likeness (QED) is 0.869. The van der Waals surface area contributed by atoms with Gasteiger partial charge in [-0.2, -0.15) is 11.8 Å². The molecule has 0 radical (unpaired) electrons. The lowest BCUT2D eigenvalue weighted by Gasteiger charge is -2.04. The number of hydrogen-bond donors (Lipinski definition) is 1. The van der Waals surface area contributed by atoms with E-state index in [2.05, 4.69) is 4.98 Å². The van der Waals surface area contributed by atoms with Crippen LogP contribution in [0.25, 0.3) is 11.5 Å². The van der Waals surface area contributed by atoms with E-state index in [9.17, 15) is 0 Å². The highest BCUT2D eigenvalue weighted by atomic mass is 32.2. The molecule has 1 N–H and O–H groups in total. The van der Waals surface area contributed by atoms with E-state index in [0.717, 1.165) is 22.8 Å². The average molecular weight is 263 g/mol. The van der Waals surface area contributed by atoms with E-state index >= 15 is 0 Å². The molecule has 1 aromatic carbocycles. The second kappa shape index (κ2) is 6.61. The number of aliphatic hydroxyl groups excluding tert-OH is 1. The fraction of sp³-hybridized carbons (Fsp3) is 0.357. The zero-order chi connectivity index (χ0) is 12.8. The van der Waals surface area contributed by atoms with E-state index in [1.165, 1.54) is 0 Å². The van der Waals surface area contributed by atoms with Crippen molar-refractivity contribution in [2.75, 3.05) is 12.4 Å². The second-order valence-corrected chi connectivity index (χ2v) is 5.34. The predicted molar refractivity (Wildman–Crippen MR) is 74.4 cm³/mol. The molecule has 0 fully saturated rings. The van der Waals surface area contributed by atoms with Crippen molar-refractivity contribution in [2.45, 2.75) is 12.7 Å². The van der Waals surface area contributed by atoms with E-state index < -0.39 is 0 Å². The number of thioether (sulfide) groups is 1. The van der Waals surface area contributed by atoms with Gasteiger partial charge in [-0.1, -0.05) is 25.1 Å². The Balaban J connectivity index is 1.91. The van der Waals surface area contributed by atoms with E-state index in [-0.39, 0.29) is 6.61 Å². The first-order valence-electron chi connectivity index (χ1n) is 5.98. The molecule has 1 aromatic heterocycles. The summed E-state index contributed by atoms with van der Waals surface area (Å²) in [6.45, 7) is 2.27. The topological polar surface area (TPSA) is 46.3 Å². The molecule has 2 aromatic rings. The molecule has 0 amide bonds. The van der Waals surface area contributed by atoms with Crippen LogP contribution in [0.3, 0.4) is 0 Å². The van der Waals surface area contributed by atoms with Crippen molar-refractivity contribution in [3.63, 3.8) is 0 Å². The summed E-state index contributed by atoms with van der Waals surface area (Å²) in [5.41, 5.74) is 1.95. The molecule has 18 heavy (non-hydrogen) atoms. The molecule has 1 atom stereocenters. The maximum absolute atomic E-state index is 8.94. The first-order valence-corrected chi connectivity index (χ1v) is 7.13. The van der Waals surface area contributed by atoms with Crippen molar-refractivity contribution in [1.82, 2.24) is 4.98 Å². The second-order valence-electron chi connectivity index (χ2n) is 4.31. The minimum absolute atomic E-state index is 0.237. The summed E-state index contributed by atoms with van der Waals surface area (Å²) in [6, 6.07) is 9.88. The standard InChI is InChI=1S/C14H17NO2S/c1-11(7-16)9-18-10-13-8-17-14(15-13)12-5-3-2-4-6-12/h2-6,8,11,16H,7,9-10H2,1H3. The first kappa shape index (κ1) is 13.2. The minimum atomic E-state index is 0.237. The van der Waals surface area contributed by atoms with Crippen LogP contribution in [0.4, 0.5) is 0 Å². The molecule has 96 valence electrons. The fourth-order valence-electron chi connectivity index (χ4n) is 1.50. The molecule has 0 aliphatic heterocycles. The SMILES string of the molecule is CC(CO)CSCc1coc(-c2ccccc2)n1. The summed E-state index contributed by atoms with van der Waals surface area (Å²) in [7, 11) is 0. The van der Waals surface area contributed by atoms with Gasteiger partial charge in [0.2, 0.25) is 5.89 Å². The molecule has 0 bridgehead atoms. The Morgan fingerprint density at radius 3 is 2.83 bits per heavy atom. The summed E-state index contributed by atoms with van der Waals surface area (Å²) in [5, 5.41) is 8.94. The van der Waals surface area contributed by atoms with Crippen LogP contribution >= 0.6 is 11.8 Å². The summed E-state index contributed by atoms with van der Waals surface area (Å²) in [5.74, 6) is 2.75. The van der Waals surface area contributed by atoms with Gasteiger partial charge in [-0.15, -0.1) is 0 Å². The van der Waals surface area contributed by atoms with Crippen LogP contribution in [0.15, 0.2) is 41.0 Å². The number of aromatic nitrogens is 1. The van der Waals surface area contributed by atoms with Crippen molar-refractivity contribution in [2.24, 2.45) is 5.92 Å². The maximum Gasteiger partial charge on any atom is 0.226 e. The van der Waals surface area contributed by atoms with Crippen LogP contribution < -0.4 is 0 Å². The lowest BCUT2D eigenvalue weighted by atomic mass is 10.2. The largest absolute Gasteiger partial charge is 0.444 e. The Hall–Kier alpha value is -1.26. The molecular weight excluding hydrogens is 246 g/mol. The first-order chi connectivity index (χ1) is 8.79. The van der Waals surface area contributed by atoms with Crippen molar-refractivity contribution >= 4 is 11.8 Å². The molecule has 1 unspecified atom stereocenters. The van der Waals surface area contributed by atoms with Gasteiger partial charge < -0.3 is 9.52 Å². The lowest BCUT2D eigenvalue weighted by Crippen LogP contribution is -2.03. The predicted octanol–water partition coefficient (Wildman–Crippen LogP) is 3.20. The number of hydrogen-bond acceptors (Lipinski definition) is 4. The van der Waals surface area contributed by atoms with Gasteiger partial charge in [0.15, 0.2) is 0 Å². The Bertz CT molecular complexity index is 470. The minimum Gasteiger partial charge on any atom is -0.444 e. The van der Waals surface area contributed by atoms with Crippen LogP contribution in [-0.2, 0) is 5.75 Å². The molecule has 0 spiro atoms. The molecular formula is C14H17NO2S. The summed E-state index contributed by atoms with van der Waals surface area (Å²) < 4.78 is 5.46. The Kier molecular flexibility index (Phi) is 4.84. The van der Waals surface area contributed by atoms with Crippen molar-refractivity contribution in [3.8, 4) is 11.5 Å². The molecule has 0 saturated heterocycles. The highest BCUT2D eigenvalue weighted by Gasteiger charge is 2.07. The van der Waals surface area contributed by atoms with E-state index in [1.807, 2.05) is 37.3 Å². The van der Waals surface area contributed by atoms with Crippen molar-refractivity contribution in [3.05, 3.63) is 42.3 Å². The highest BCUT2D eigenvalue weighted by molar-refractivity contribution is 7.98. The van der Waals surface area contributed by atoms with Gasteiger partial charge in [0, 0.05) is 17.9 Å². The van der Waals surface area contributed by atoms with Gasteiger partial charge in [0.1, 0.15) is 6.26 Å². The molecule has 0 saturated carbocycles. The van der Waals surface area contributed by atoms with Crippen LogP contribution in [-0.4, -0.2) is 22.5 Å². The third kappa shape index (κ3) is 3.62. The van der Waals surface area contributed by atoms with Crippen molar-refractivity contribution < 1.29 is 9.52 Å². The summed E-state index contributed by atoms with van der Waals surface area (Å²) in [6.07, 6.45) is 1.71. The van der Waals surface area contributed by atoms with Gasteiger partial charge in [-0.3, -0.25) is 0 Å². The number of oxazole rings is 1. The van der Waals surface area contributed by atoms with Crippen LogP contribution in [0.1, 0.15) is 12.6 Å². The number of rotatable bonds is 6. The molecule has 0 aliphatic rings. The maximum atomic E-state index is 8.94. The summed E-state index contributed by atoms with van der Waals surface area (Å²) >= 11 is 1.77. The highest BCUT2D eigenvalue weighted by Crippen LogP contribution is 2.21. The summed E-state index contributed by atoms with van der Waals surface area (Å²) in [4.78, 5) is 4.45. The van der Waals surface area contributed by atoms with E-state index in [1.54, 1.807) is 18.0 Å². The number of aliphatic hydroxyl groups is 1. The zero-order valence-electron chi connectivity index (χ0n) is 10.4. The Labute approximate surface area is 111 Å².